The van der Waals surface area contributed by atoms with Crippen LogP contribution in [0.5, 0.6) is 23.0 Å². The lowest BCUT2D eigenvalue weighted by Gasteiger charge is -2.21. The maximum absolute atomic E-state index is 17.0. The molecule has 0 saturated carbocycles. The standard InChI is InChI=1S/C35H29F2N5O5/c1-3-17-45-31-20-27-25(19-30(31)44-2)28(15-16-39-27)46-29-14-13-24(18-26(29)36)40-33(43)35(37,22-9-11-23(38)12-10-22)34-42-41-32(47-34)21-7-5-4-6-8-21/h4-16,18-20H,3,17,38H2,1-2H3,(H,40,43). The highest BCUT2D eigenvalue weighted by Gasteiger charge is 2.48. The predicted octanol–water partition coefficient (Wildman–Crippen LogP) is 7.45. The van der Waals surface area contributed by atoms with E-state index in [4.69, 9.17) is 24.4 Å². The molecular weight excluding hydrogens is 608 g/mol. The van der Waals surface area contributed by atoms with Gasteiger partial charge in [0.15, 0.2) is 23.1 Å². The number of hydrogen-bond acceptors (Lipinski definition) is 9. The van der Waals surface area contributed by atoms with Crippen molar-refractivity contribution < 1.29 is 32.2 Å². The molecule has 12 heteroatoms. The molecule has 238 valence electrons. The summed E-state index contributed by atoms with van der Waals surface area (Å²) in [6.45, 7) is 2.49. The van der Waals surface area contributed by atoms with Crippen LogP contribution in [0.4, 0.5) is 20.2 Å². The molecule has 3 N–H and O–H groups in total. The molecule has 0 spiro atoms. The van der Waals surface area contributed by atoms with Crippen molar-refractivity contribution in [2.24, 2.45) is 0 Å². The van der Waals surface area contributed by atoms with Gasteiger partial charge in [-0.1, -0.05) is 37.3 Å². The number of nitrogens with two attached hydrogens (primary N) is 1. The van der Waals surface area contributed by atoms with Gasteiger partial charge >= 0.3 is 0 Å². The minimum atomic E-state index is -2.95. The van der Waals surface area contributed by atoms with Crippen molar-refractivity contribution in [3.63, 3.8) is 0 Å². The van der Waals surface area contributed by atoms with Crippen LogP contribution in [0.25, 0.3) is 22.4 Å². The quantitative estimate of drug-likeness (QED) is 0.139. The zero-order valence-electron chi connectivity index (χ0n) is 25.4. The number of rotatable bonds is 11. The van der Waals surface area contributed by atoms with Gasteiger partial charge in [-0.3, -0.25) is 9.78 Å². The highest BCUT2D eigenvalue weighted by atomic mass is 19.1. The molecule has 2 aromatic heterocycles. The summed E-state index contributed by atoms with van der Waals surface area (Å²) in [5.74, 6) is -1.44. The van der Waals surface area contributed by atoms with E-state index in [1.165, 1.54) is 49.7 Å². The Morgan fingerprint density at radius 3 is 2.45 bits per heavy atom. The largest absolute Gasteiger partial charge is 0.493 e. The summed E-state index contributed by atoms with van der Waals surface area (Å²) < 4.78 is 55.2. The molecule has 0 aliphatic rings. The SMILES string of the molecule is CCCOc1cc2nccc(Oc3ccc(NC(=O)C(F)(c4ccc(N)cc4)c4nnc(-c5ccccc5)o4)cc3F)c2cc1OC. The molecule has 0 aliphatic heterocycles. The minimum absolute atomic E-state index is 0.0179. The van der Waals surface area contributed by atoms with Gasteiger partial charge in [0, 0.05) is 46.2 Å². The Balaban J connectivity index is 1.28. The molecule has 0 radical (unpaired) electrons. The number of hydrogen-bond donors (Lipinski definition) is 2. The summed E-state index contributed by atoms with van der Waals surface area (Å²) >= 11 is 0. The van der Waals surface area contributed by atoms with Crippen molar-refractivity contribution >= 4 is 28.2 Å². The van der Waals surface area contributed by atoms with Gasteiger partial charge in [-0.2, -0.15) is 0 Å². The van der Waals surface area contributed by atoms with Crippen LogP contribution in [0.3, 0.4) is 0 Å². The summed E-state index contributed by atoms with van der Waals surface area (Å²) in [5.41, 5.74) is 4.14. The molecule has 0 aliphatic carbocycles. The molecule has 4 aromatic carbocycles. The van der Waals surface area contributed by atoms with E-state index in [0.717, 1.165) is 12.5 Å². The Morgan fingerprint density at radius 2 is 1.72 bits per heavy atom. The van der Waals surface area contributed by atoms with E-state index >= 15 is 8.78 Å². The fraction of sp³-hybridized carbons (Fsp3) is 0.143. The van der Waals surface area contributed by atoms with Gasteiger partial charge in [-0.05, 0) is 55.0 Å². The number of nitrogens with one attached hydrogen (secondary N) is 1. The Labute approximate surface area is 268 Å². The molecule has 1 atom stereocenters. The average molecular weight is 638 g/mol. The highest BCUT2D eigenvalue weighted by Crippen LogP contribution is 2.39. The van der Waals surface area contributed by atoms with Crippen molar-refractivity contribution in [2.75, 3.05) is 24.8 Å². The molecule has 1 amide bonds. The number of nitrogens with zero attached hydrogens (tertiary/aromatic N) is 3. The number of benzene rings is 4. The minimum Gasteiger partial charge on any atom is -0.493 e. The first-order valence-electron chi connectivity index (χ1n) is 14.6. The van der Waals surface area contributed by atoms with Crippen LogP contribution in [0.1, 0.15) is 24.8 Å². The first-order chi connectivity index (χ1) is 22.8. The van der Waals surface area contributed by atoms with Gasteiger partial charge in [-0.15, -0.1) is 10.2 Å². The normalized spacial score (nSPS) is 12.3. The van der Waals surface area contributed by atoms with Gasteiger partial charge < -0.3 is 29.7 Å². The maximum Gasteiger partial charge on any atom is 0.290 e. The van der Waals surface area contributed by atoms with Crippen molar-refractivity contribution in [1.82, 2.24) is 15.2 Å². The van der Waals surface area contributed by atoms with Crippen molar-refractivity contribution in [3.05, 3.63) is 114 Å². The van der Waals surface area contributed by atoms with E-state index in [2.05, 4.69) is 20.5 Å². The number of alkyl halides is 1. The van der Waals surface area contributed by atoms with Crippen molar-refractivity contribution in [1.29, 1.82) is 0 Å². The highest BCUT2D eigenvalue weighted by molar-refractivity contribution is 6.00. The van der Waals surface area contributed by atoms with E-state index < -0.39 is 23.3 Å². The van der Waals surface area contributed by atoms with Gasteiger partial charge in [0.1, 0.15) is 5.75 Å². The molecule has 6 rings (SSSR count). The predicted molar refractivity (Wildman–Crippen MR) is 172 cm³/mol. The lowest BCUT2D eigenvalue weighted by atomic mass is 9.94. The molecule has 6 aromatic rings. The van der Waals surface area contributed by atoms with Gasteiger partial charge in [-0.25, -0.2) is 8.78 Å². The Kier molecular flexibility index (Phi) is 8.65. The number of aromatic nitrogens is 3. The number of methoxy groups -OCH3 is 1. The Morgan fingerprint density at radius 1 is 0.936 bits per heavy atom. The molecular formula is C35H29F2N5O5. The summed E-state index contributed by atoms with van der Waals surface area (Å²) in [5, 5.41) is 10.8. The number of amides is 1. The smallest absolute Gasteiger partial charge is 0.290 e. The zero-order valence-corrected chi connectivity index (χ0v) is 25.4. The number of ether oxygens (including phenoxy) is 3. The van der Waals surface area contributed by atoms with Crippen LogP contribution < -0.4 is 25.3 Å². The number of anilines is 2. The van der Waals surface area contributed by atoms with E-state index in [-0.39, 0.29) is 22.9 Å². The number of halogens is 2. The molecule has 0 bridgehead atoms. The molecule has 10 nitrogen and oxygen atoms in total. The number of fused-ring (bicyclic) bond motifs is 1. The summed E-state index contributed by atoms with van der Waals surface area (Å²) in [6.07, 6.45) is 2.34. The monoisotopic (exact) mass is 637 g/mol. The lowest BCUT2D eigenvalue weighted by Crippen LogP contribution is -2.38. The average Bonchev–Trinajstić information content (AvgIpc) is 3.60. The molecule has 47 heavy (non-hydrogen) atoms. The van der Waals surface area contributed by atoms with Crippen LogP contribution >= 0.6 is 0 Å². The third-order valence-corrected chi connectivity index (χ3v) is 7.22. The topological polar surface area (TPSA) is 135 Å². The van der Waals surface area contributed by atoms with Gasteiger partial charge in [0.05, 0.1) is 19.2 Å². The maximum atomic E-state index is 17.0. The van der Waals surface area contributed by atoms with Crippen LogP contribution in [0.2, 0.25) is 0 Å². The van der Waals surface area contributed by atoms with Crippen molar-refractivity contribution in [2.45, 2.75) is 19.0 Å². The van der Waals surface area contributed by atoms with E-state index in [0.29, 0.717) is 46.0 Å². The fourth-order valence-electron chi connectivity index (χ4n) is 4.82. The molecule has 0 saturated heterocycles. The summed E-state index contributed by atoms with van der Waals surface area (Å²) in [7, 11) is 1.52. The first-order valence-corrected chi connectivity index (χ1v) is 14.6. The number of carbonyl (C=O) groups is 1. The number of carbonyl (C=O) groups excluding carboxylic acids is 1. The van der Waals surface area contributed by atoms with Gasteiger partial charge in [0.2, 0.25) is 5.89 Å². The van der Waals surface area contributed by atoms with E-state index in [1.54, 1.807) is 48.5 Å². The van der Waals surface area contributed by atoms with E-state index in [1.807, 2.05) is 6.92 Å². The number of nitrogen functional groups attached to an aromatic ring is 1. The van der Waals surface area contributed by atoms with E-state index in [9.17, 15) is 4.79 Å². The summed E-state index contributed by atoms with van der Waals surface area (Å²) in [4.78, 5) is 18.0. The Hall–Kier alpha value is -6.04. The second-order valence-corrected chi connectivity index (χ2v) is 10.4. The third-order valence-electron chi connectivity index (χ3n) is 7.22. The number of pyridine rings is 1. The third kappa shape index (κ3) is 6.25. The van der Waals surface area contributed by atoms with Crippen molar-refractivity contribution in [3.8, 4) is 34.5 Å². The van der Waals surface area contributed by atoms with Crippen LogP contribution in [-0.4, -0.2) is 34.8 Å². The second-order valence-electron chi connectivity index (χ2n) is 10.4. The van der Waals surface area contributed by atoms with Crippen LogP contribution in [0.15, 0.2) is 102 Å². The molecule has 0 fully saturated rings. The molecule has 2 heterocycles. The Bertz CT molecular complexity index is 2040. The fourth-order valence-corrected chi connectivity index (χ4v) is 4.82. The second kappa shape index (κ2) is 13.1. The van der Waals surface area contributed by atoms with Gasteiger partial charge in [0.25, 0.3) is 17.5 Å². The van der Waals surface area contributed by atoms with Crippen LogP contribution in [0, 0.1) is 5.82 Å². The molecule has 1 unspecified atom stereocenters. The first kappa shape index (κ1) is 31.0. The van der Waals surface area contributed by atoms with Crippen LogP contribution in [-0.2, 0) is 10.5 Å². The lowest BCUT2D eigenvalue weighted by molar-refractivity contribution is -0.126. The summed E-state index contributed by atoms with van der Waals surface area (Å²) in [6, 6.07) is 23.0. The zero-order chi connectivity index (χ0) is 33.0.